The van der Waals surface area contributed by atoms with Gasteiger partial charge in [0.2, 0.25) is 5.28 Å². The molecule has 1 aliphatic heterocycles. The van der Waals surface area contributed by atoms with E-state index in [0.29, 0.717) is 17.4 Å². The standard InChI is InChI=1S/C14H17ClN4O/c1-9-8-20-7-6-18(9)12-11-4-5-19(10-2-3-10)13(11)17-14(15)16-12/h4-5,9-10H,2-3,6-8H2,1H3/t9-/m1/s1. The maximum Gasteiger partial charge on any atom is 0.226 e. The summed E-state index contributed by atoms with van der Waals surface area (Å²) in [5, 5.41) is 1.42. The summed E-state index contributed by atoms with van der Waals surface area (Å²) in [5.41, 5.74) is 0.959. The molecule has 106 valence electrons. The molecule has 6 heteroatoms. The Kier molecular flexibility index (Phi) is 2.86. The van der Waals surface area contributed by atoms with Crippen LogP contribution in [0.25, 0.3) is 11.0 Å². The third kappa shape index (κ3) is 1.96. The molecule has 2 aliphatic rings. The number of ether oxygens (including phenoxy) is 1. The lowest BCUT2D eigenvalue weighted by molar-refractivity contribution is 0.0987. The normalized spacial score (nSPS) is 23.5. The molecule has 1 saturated heterocycles. The molecule has 2 aromatic rings. The van der Waals surface area contributed by atoms with Crippen molar-refractivity contribution in [2.75, 3.05) is 24.7 Å². The first-order chi connectivity index (χ1) is 9.74. The van der Waals surface area contributed by atoms with Gasteiger partial charge >= 0.3 is 0 Å². The third-order valence-corrected chi connectivity index (χ3v) is 4.27. The largest absolute Gasteiger partial charge is 0.377 e. The molecule has 20 heavy (non-hydrogen) atoms. The van der Waals surface area contributed by atoms with Crippen molar-refractivity contribution in [2.24, 2.45) is 0 Å². The van der Waals surface area contributed by atoms with E-state index in [1.54, 1.807) is 0 Å². The average Bonchev–Trinajstić information content (AvgIpc) is 3.19. The van der Waals surface area contributed by atoms with Crippen molar-refractivity contribution < 1.29 is 4.74 Å². The van der Waals surface area contributed by atoms with Crippen molar-refractivity contribution in [1.82, 2.24) is 14.5 Å². The molecule has 3 heterocycles. The Labute approximate surface area is 122 Å². The van der Waals surface area contributed by atoms with Gasteiger partial charge in [-0.05, 0) is 37.4 Å². The maximum absolute atomic E-state index is 6.15. The van der Waals surface area contributed by atoms with Gasteiger partial charge in [0.1, 0.15) is 11.5 Å². The Bertz CT molecular complexity index is 652. The van der Waals surface area contributed by atoms with E-state index in [2.05, 4.69) is 38.6 Å². The first-order valence-electron chi connectivity index (χ1n) is 7.12. The summed E-state index contributed by atoms with van der Waals surface area (Å²) >= 11 is 6.15. The van der Waals surface area contributed by atoms with Crippen LogP contribution in [0.4, 0.5) is 5.82 Å². The molecule has 0 aromatic carbocycles. The predicted octanol–water partition coefficient (Wildman–Crippen LogP) is 2.64. The van der Waals surface area contributed by atoms with Gasteiger partial charge in [0.05, 0.1) is 24.6 Å². The zero-order valence-electron chi connectivity index (χ0n) is 11.4. The molecule has 0 bridgehead atoms. The van der Waals surface area contributed by atoms with Crippen LogP contribution in [-0.4, -0.2) is 40.3 Å². The van der Waals surface area contributed by atoms with E-state index in [-0.39, 0.29) is 0 Å². The van der Waals surface area contributed by atoms with E-state index in [0.717, 1.165) is 36.6 Å². The molecule has 2 fully saturated rings. The Hall–Kier alpha value is -1.33. The summed E-state index contributed by atoms with van der Waals surface area (Å²) in [6.07, 6.45) is 4.57. The van der Waals surface area contributed by atoms with Crippen LogP contribution in [0.2, 0.25) is 5.28 Å². The van der Waals surface area contributed by atoms with E-state index in [1.165, 1.54) is 12.8 Å². The summed E-state index contributed by atoms with van der Waals surface area (Å²) in [6.45, 7) is 4.46. The molecule has 1 atom stereocenters. The minimum absolute atomic E-state index is 0.308. The lowest BCUT2D eigenvalue weighted by atomic mass is 10.2. The second-order valence-corrected chi connectivity index (χ2v) is 5.96. The zero-order valence-corrected chi connectivity index (χ0v) is 12.2. The fourth-order valence-electron chi connectivity index (χ4n) is 2.90. The van der Waals surface area contributed by atoms with Gasteiger partial charge in [-0.1, -0.05) is 0 Å². The number of hydrogen-bond donors (Lipinski definition) is 0. The van der Waals surface area contributed by atoms with Crippen LogP contribution < -0.4 is 4.90 Å². The van der Waals surface area contributed by atoms with Gasteiger partial charge in [0.15, 0.2) is 0 Å². The van der Waals surface area contributed by atoms with Crippen molar-refractivity contribution in [2.45, 2.75) is 31.8 Å². The van der Waals surface area contributed by atoms with Gasteiger partial charge in [-0.25, -0.2) is 0 Å². The Morgan fingerprint density at radius 3 is 2.95 bits per heavy atom. The van der Waals surface area contributed by atoms with Gasteiger partial charge in [0.25, 0.3) is 0 Å². The Morgan fingerprint density at radius 1 is 1.35 bits per heavy atom. The lowest BCUT2D eigenvalue weighted by Crippen LogP contribution is -2.44. The summed E-state index contributed by atoms with van der Waals surface area (Å²) in [7, 11) is 0. The molecular weight excluding hydrogens is 276 g/mol. The smallest absolute Gasteiger partial charge is 0.226 e. The Morgan fingerprint density at radius 2 is 2.20 bits per heavy atom. The highest BCUT2D eigenvalue weighted by atomic mass is 35.5. The van der Waals surface area contributed by atoms with Crippen LogP contribution >= 0.6 is 11.6 Å². The van der Waals surface area contributed by atoms with Crippen molar-refractivity contribution in [3.8, 4) is 0 Å². The number of halogens is 1. The van der Waals surface area contributed by atoms with E-state index in [9.17, 15) is 0 Å². The number of morpholine rings is 1. The minimum Gasteiger partial charge on any atom is -0.377 e. The zero-order chi connectivity index (χ0) is 13.7. The fourth-order valence-corrected chi connectivity index (χ4v) is 3.06. The molecule has 0 N–H and O–H groups in total. The number of rotatable bonds is 2. The van der Waals surface area contributed by atoms with Crippen molar-refractivity contribution in [3.05, 3.63) is 17.5 Å². The predicted molar refractivity (Wildman–Crippen MR) is 78.4 cm³/mol. The number of aromatic nitrogens is 3. The van der Waals surface area contributed by atoms with Gasteiger partial charge < -0.3 is 14.2 Å². The van der Waals surface area contributed by atoms with E-state index in [4.69, 9.17) is 16.3 Å². The summed E-state index contributed by atoms with van der Waals surface area (Å²) in [5.74, 6) is 0.940. The van der Waals surface area contributed by atoms with Gasteiger partial charge in [-0.3, -0.25) is 0 Å². The highest BCUT2D eigenvalue weighted by Crippen LogP contribution is 2.39. The van der Waals surface area contributed by atoms with Crippen LogP contribution in [0.5, 0.6) is 0 Å². The monoisotopic (exact) mass is 292 g/mol. The number of anilines is 1. The average molecular weight is 293 g/mol. The van der Waals surface area contributed by atoms with Crippen LogP contribution in [-0.2, 0) is 4.74 Å². The van der Waals surface area contributed by atoms with Gasteiger partial charge in [0, 0.05) is 18.8 Å². The lowest BCUT2D eigenvalue weighted by Gasteiger charge is -2.34. The number of nitrogens with zero attached hydrogens (tertiary/aromatic N) is 4. The Balaban J connectivity index is 1.85. The quantitative estimate of drug-likeness (QED) is 0.798. The SMILES string of the molecule is C[C@@H]1COCCN1c1nc(Cl)nc2c1ccn2C1CC1. The first-order valence-corrected chi connectivity index (χ1v) is 7.50. The van der Waals surface area contributed by atoms with Gasteiger partial charge in [-0.15, -0.1) is 0 Å². The molecule has 2 aromatic heterocycles. The molecule has 5 nitrogen and oxygen atoms in total. The summed E-state index contributed by atoms with van der Waals surface area (Å²) in [6, 6.07) is 3.01. The molecule has 1 saturated carbocycles. The second kappa shape index (κ2) is 4.60. The molecule has 0 amide bonds. The van der Waals surface area contributed by atoms with E-state index >= 15 is 0 Å². The molecule has 0 spiro atoms. The summed E-state index contributed by atoms with van der Waals surface area (Å²) in [4.78, 5) is 11.2. The van der Waals surface area contributed by atoms with Crippen LogP contribution in [0.3, 0.4) is 0 Å². The van der Waals surface area contributed by atoms with Crippen LogP contribution in [0.15, 0.2) is 12.3 Å². The minimum atomic E-state index is 0.308. The van der Waals surface area contributed by atoms with Crippen LogP contribution in [0.1, 0.15) is 25.8 Å². The highest BCUT2D eigenvalue weighted by molar-refractivity contribution is 6.28. The van der Waals surface area contributed by atoms with Crippen molar-refractivity contribution in [1.29, 1.82) is 0 Å². The first kappa shape index (κ1) is 12.4. The van der Waals surface area contributed by atoms with Crippen LogP contribution in [0, 0.1) is 0 Å². The number of hydrogen-bond acceptors (Lipinski definition) is 4. The van der Waals surface area contributed by atoms with Crippen molar-refractivity contribution >= 4 is 28.5 Å². The highest BCUT2D eigenvalue weighted by Gasteiger charge is 2.28. The van der Waals surface area contributed by atoms with Gasteiger partial charge in [-0.2, -0.15) is 9.97 Å². The number of fused-ring (bicyclic) bond motifs is 1. The molecule has 0 unspecified atom stereocenters. The molecule has 4 rings (SSSR count). The maximum atomic E-state index is 6.15. The third-order valence-electron chi connectivity index (χ3n) is 4.10. The fraction of sp³-hybridized carbons (Fsp3) is 0.571. The topological polar surface area (TPSA) is 43.2 Å². The van der Waals surface area contributed by atoms with E-state index < -0.39 is 0 Å². The molecule has 1 aliphatic carbocycles. The second-order valence-electron chi connectivity index (χ2n) is 5.63. The van der Waals surface area contributed by atoms with E-state index in [1.807, 2.05) is 0 Å². The molecule has 0 radical (unpaired) electrons. The summed E-state index contributed by atoms with van der Waals surface area (Å²) < 4.78 is 7.74. The molecular formula is C14H17ClN4O. The van der Waals surface area contributed by atoms with Crippen molar-refractivity contribution in [3.63, 3.8) is 0 Å².